The molecule has 0 saturated carbocycles. The molecular weight excluding hydrogens is 332 g/mol. The SMILES string of the molecule is Cc1c(-c2csc(NC(=O)c3c(C(=O)O)cnn3C)n2)cnn1C. The zero-order valence-electron chi connectivity index (χ0n) is 13.1. The largest absolute Gasteiger partial charge is 0.478 e. The summed E-state index contributed by atoms with van der Waals surface area (Å²) in [6.07, 6.45) is 2.85. The van der Waals surface area contributed by atoms with Crippen LogP contribution in [0.1, 0.15) is 26.5 Å². The number of carbonyl (C=O) groups is 2. The van der Waals surface area contributed by atoms with Gasteiger partial charge in [0.25, 0.3) is 5.91 Å². The topological polar surface area (TPSA) is 115 Å². The molecule has 0 unspecified atom stereocenters. The number of thiazole rings is 1. The van der Waals surface area contributed by atoms with Gasteiger partial charge in [-0.2, -0.15) is 10.2 Å². The molecule has 0 aliphatic rings. The molecule has 1 amide bonds. The lowest BCUT2D eigenvalue weighted by Gasteiger charge is -2.03. The van der Waals surface area contributed by atoms with Crippen LogP contribution in [0.4, 0.5) is 5.13 Å². The van der Waals surface area contributed by atoms with Crippen LogP contribution in [0.3, 0.4) is 0 Å². The summed E-state index contributed by atoms with van der Waals surface area (Å²) in [6, 6.07) is 0. The minimum atomic E-state index is -1.21. The van der Waals surface area contributed by atoms with E-state index in [9.17, 15) is 9.59 Å². The number of anilines is 1. The predicted octanol–water partition coefficient (Wildman–Crippen LogP) is 1.54. The van der Waals surface area contributed by atoms with Crippen LogP contribution in [0.5, 0.6) is 0 Å². The van der Waals surface area contributed by atoms with E-state index in [2.05, 4.69) is 20.5 Å². The summed E-state index contributed by atoms with van der Waals surface area (Å²) in [7, 11) is 3.34. The van der Waals surface area contributed by atoms with E-state index < -0.39 is 11.9 Å². The van der Waals surface area contributed by atoms with Gasteiger partial charge in [-0.15, -0.1) is 11.3 Å². The predicted molar refractivity (Wildman–Crippen MR) is 87.2 cm³/mol. The number of hydrogen-bond donors (Lipinski definition) is 2. The first-order valence-electron chi connectivity index (χ1n) is 6.89. The van der Waals surface area contributed by atoms with Gasteiger partial charge in [-0.1, -0.05) is 0 Å². The highest BCUT2D eigenvalue weighted by Crippen LogP contribution is 2.27. The average Bonchev–Trinajstić information content (AvgIpc) is 3.20. The van der Waals surface area contributed by atoms with Crippen molar-refractivity contribution >= 4 is 28.3 Å². The summed E-state index contributed by atoms with van der Waals surface area (Å²) >= 11 is 1.25. The summed E-state index contributed by atoms with van der Waals surface area (Å²) < 4.78 is 2.96. The quantitative estimate of drug-likeness (QED) is 0.740. The van der Waals surface area contributed by atoms with E-state index in [-0.39, 0.29) is 11.3 Å². The summed E-state index contributed by atoms with van der Waals surface area (Å²) in [5.41, 5.74) is 2.34. The Labute approximate surface area is 140 Å². The molecule has 0 aliphatic carbocycles. The van der Waals surface area contributed by atoms with Gasteiger partial charge >= 0.3 is 5.97 Å². The number of carboxylic acid groups (broad SMARTS) is 1. The minimum absolute atomic E-state index is 0.0307. The van der Waals surface area contributed by atoms with Crippen molar-refractivity contribution in [3.8, 4) is 11.3 Å². The van der Waals surface area contributed by atoms with E-state index in [0.29, 0.717) is 10.8 Å². The zero-order valence-corrected chi connectivity index (χ0v) is 14.0. The molecule has 0 aromatic carbocycles. The Morgan fingerprint density at radius 1 is 1.21 bits per heavy atom. The van der Waals surface area contributed by atoms with Crippen LogP contribution in [0, 0.1) is 6.92 Å². The average molecular weight is 346 g/mol. The Morgan fingerprint density at radius 3 is 2.54 bits per heavy atom. The van der Waals surface area contributed by atoms with Crippen molar-refractivity contribution in [3.05, 3.63) is 34.7 Å². The number of nitrogens with zero attached hydrogens (tertiary/aromatic N) is 5. The maximum absolute atomic E-state index is 12.4. The van der Waals surface area contributed by atoms with Crippen molar-refractivity contribution in [1.82, 2.24) is 24.5 Å². The van der Waals surface area contributed by atoms with E-state index in [4.69, 9.17) is 5.11 Å². The lowest BCUT2D eigenvalue weighted by molar-refractivity contribution is 0.0692. The molecule has 0 fully saturated rings. The number of carbonyl (C=O) groups excluding carboxylic acids is 1. The van der Waals surface area contributed by atoms with Crippen LogP contribution in [0.2, 0.25) is 0 Å². The van der Waals surface area contributed by atoms with Gasteiger partial charge in [0.15, 0.2) is 5.13 Å². The Balaban J connectivity index is 1.85. The van der Waals surface area contributed by atoms with E-state index in [1.165, 1.54) is 23.1 Å². The van der Waals surface area contributed by atoms with Crippen LogP contribution in [0.25, 0.3) is 11.3 Å². The normalized spacial score (nSPS) is 10.8. The summed E-state index contributed by atoms with van der Waals surface area (Å²) in [6.45, 7) is 1.93. The molecule has 10 heteroatoms. The van der Waals surface area contributed by atoms with Crippen LogP contribution in [-0.2, 0) is 14.1 Å². The second-order valence-corrected chi connectivity index (χ2v) is 5.95. The van der Waals surface area contributed by atoms with Gasteiger partial charge < -0.3 is 5.11 Å². The molecular formula is C14H14N6O3S. The Kier molecular flexibility index (Phi) is 3.89. The maximum Gasteiger partial charge on any atom is 0.339 e. The number of aromatic nitrogens is 5. The summed E-state index contributed by atoms with van der Waals surface area (Å²) in [5, 5.41) is 21.9. The molecule has 0 aliphatic heterocycles. The van der Waals surface area contributed by atoms with Crippen molar-refractivity contribution in [1.29, 1.82) is 0 Å². The highest BCUT2D eigenvalue weighted by atomic mass is 32.1. The lowest BCUT2D eigenvalue weighted by atomic mass is 10.2. The third-order valence-electron chi connectivity index (χ3n) is 3.62. The van der Waals surface area contributed by atoms with Crippen molar-refractivity contribution in [2.75, 3.05) is 5.32 Å². The van der Waals surface area contributed by atoms with Crippen LogP contribution < -0.4 is 5.32 Å². The Morgan fingerprint density at radius 2 is 1.92 bits per heavy atom. The highest BCUT2D eigenvalue weighted by Gasteiger charge is 2.22. The molecule has 124 valence electrons. The third-order valence-corrected chi connectivity index (χ3v) is 4.38. The van der Waals surface area contributed by atoms with Gasteiger partial charge in [0.2, 0.25) is 0 Å². The fourth-order valence-electron chi connectivity index (χ4n) is 2.22. The fourth-order valence-corrected chi connectivity index (χ4v) is 2.93. The number of nitrogens with one attached hydrogen (secondary N) is 1. The van der Waals surface area contributed by atoms with Crippen LogP contribution >= 0.6 is 11.3 Å². The smallest absolute Gasteiger partial charge is 0.339 e. The van der Waals surface area contributed by atoms with Gasteiger partial charge in [0, 0.05) is 30.7 Å². The second kappa shape index (κ2) is 5.89. The van der Waals surface area contributed by atoms with Gasteiger partial charge in [-0.25, -0.2) is 9.78 Å². The molecule has 0 radical (unpaired) electrons. The van der Waals surface area contributed by atoms with Gasteiger partial charge in [0.1, 0.15) is 11.3 Å². The van der Waals surface area contributed by atoms with Crippen LogP contribution in [-0.4, -0.2) is 41.5 Å². The number of hydrogen-bond acceptors (Lipinski definition) is 6. The minimum Gasteiger partial charge on any atom is -0.478 e. The summed E-state index contributed by atoms with van der Waals surface area (Å²) in [5.74, 6) is -1.78. The van der Waals surface area contributed by atoms with Crippen molar-refractivity contribution in [2.24, 2.45) is 14.1 Å². The fraction of sp³-hybridized carbons (Fsp3) is 0.214. The standard InChI is InChI=1S/C14H14N6O3S/c1-7-8(4-15-19(7)2)10-6-24-14(17-10)18-12(21)11-9(13(22)23)5-16-20(11)3/h4-6H,1-3H3,(H,22,23)(H,17,18,21). The van der Waals surface area contributed by atoms with Gasteiger partial charge in [0.05, 0.1) is 18.1 Å². The summed E-state index contributed by atoms with van der Waals surface area (Å²) in [4.78, 5) is 27.9. The lowest BCUT2D eigenvalue weighted by Crippen LogP contribution is -2.19. The molecule has 0 atom stereocenters. The number of carboxylic acids is 1. The molecule has 0 saturated heterocycles. The molecule has 3 aromatic rings. The van der Waals surface area contributed by atoms with E-state index >= 15 is 0 Å². The monoisotopic (exact) mass is 346 g/mol. The third kappa shape index (κ3) is 2.67. The first-order valence-corrected chi connectivity index (χ1v) is 7.77. The molecule has 2 N–H and O–H groups in total. The first kappa shape index (κ1) is 15.9. The molecule has 0 spiro atoms. The Hall–Kier alpha value is -3.01. The van der Waals surface area contributed by atoms with Crippen molar-refractivity contribution in [3.63, 3.8) is 0 Å². The van der Waals surface area contributed by atoms with Crippen LogP contribution in [0.15, 0.2) is 17.8 Å². The molecule has 3 aromatic heterocycles. The highest BCUT2D eigenvalue weighted by molar-refractivity contribution is 7.14. The molecule has 9 nitrogen and oxygen atoms in total. The van der Waals surface area contributed by atoms with Gasteiger partial charge in [-0.05, 0) is 6.92 Å². The molecule has 3 heterocycles. The maximum atomic E-state index is 12.4. The molecule has 24 heavy (non-hydrogen) atoms. The first-order chi connectivity index (χ1) is 11.4. The van der Waals surface area contributed by atoms with E-state index in [0.717, 1.165) is 17.5 Å². The van der Waals surface area contributed by atoms with E-state index in [1.54, 1.807) is 16.3 Å². The second-order valence-electron chi connectivity index (χ2n) is 5.09. The zero-order chi connectivity index (χ0) is 17.4. The van der Waals surface area contributed by atoms with Crippen molar-refractivity contribution < 1.29 is 14.7 Å². The van der Waals surface area contributed by atoms with Gasteiger partial charge in [-0.3, -0.25) is 19.5 Å². The molecule has 0 bridgehead atoms. The number of rotatable bonds is 4. The number of aromatic carboxylic acids is 1. The Bertz CT molecular complexity index is 938. The van der Waals surface area contributed by atoms with E-state index in [1.807, 2.05) is 14.0 Å². The molecule has 3 rings (SSSR count). The number of amides is 1. The van der Waals surface area contributed by atoms with Crippen molar-refractivity contribution in [2.45, 2.75) is 6.92 Å². The number of aryl methyl sites for hydroxylation is 2.